The quantitative estimate of drug-likeness (QED) is 0.0536. The Balaban J connectivity index is 3.04. The van der Waals surface area contributed by atoms with Gasteiger partial charge < -0.3 is 66.7 Å². The molecule has 0 radical (unpaired) electrons. The van der Waals surface area contributed by atoms with Crippen molar-refractivity contribution in [3.63, 3.8) is 0 Å². The average molecular weight is 773 g/mol. The molecule has 0 bridgehead atoms. The number of alkyl halides is 1. The number of hydrogen-bond acceptors (Lipinski definition) is 14. The second-order valence-electron chi connectivity index (χ2n) is 8.79. The first-order valence-corrected chi connectivity index (χ1v) is 17.1. The molecule has 0 fully saturated rings. The Bertz CT molecular complexity index is 566. The van der Waals surface area contributed by atoms with Gasteiger partial charge in [0.1, 0.15) is 0 Å². The van der Waals surface area contributed by atoms with Crippen molar-refractivity contribution in [1.29, 1.82) is 0 Å². The SMILES string of the molecule is O=C(O)CCOCCOCCOCCOCCOCCOCCOCCOCCOCCOCCOCCOCCOCCI. The zero-order valence-corrected chi connectivity index (χ0v) is 29.0. The lowest BCUT2D eigenvalue weighted by Gasteiger charge is -2.09. The van der Waals surface area contributed by atoms with Gasteiger partial charge >= 0.3 is 5.97 Å². The number of halogens is 1. The lowest BCUT2D eigenvalue weighted by molar-refractivity contribution is -0.138. The third kappa shape index (κ3) is 43.7. The van der Waals surface area contributed by atoms with Crippen molar-refractivity contribution in [3.05, 3.63) is 0 Å². The summed E-state index contributed by atoms with van der Waals surface area (Å²) in [5.74, 6) is -0.874. The summed E-state index contributed by atoms with van der Waals surface area (Å²) in [7, 11) is 0. The van der Waals surface area contributed by atoms with E-state index in [-0.39, 0.29) is 13.0 Å². The fourth-order valence-electron chi connectivity index (χ4n) is 2.96. The van der Waals surface area contributed by atoms with Crippen LogP contribution in [0.4, 0.5) is 0 Å². The Morgan fingerprint density at radius 1 is 0.311 bits per heavy atom. The first-order chi connectivity index (χ1) is 22.3. The molecule has 0 aromatic carbocycles. The highest BCUT2D eigenvalue weighted by atomic mass is 127. The second kappa shape index (κ2) is 41.7. The van der Waals surface area contributed by atoms with Crippen LogP contribution in [0, 0.1) is 0 Å². The maximum Gasteiger partial charge on any atom is 0.305 e. The van der Waals surface area contributed by atoms with E-state index in [1.807, 2.05) is 0 Å². The van der Waals surface area contributed by atoms with Crippen LogP contribution < -0.4 is 0 Å². The summed E-state index contributed by atoms with van der Waals surface area (Å²) < 4.78 is 71.1. The lowest BCUT2D eigenvalue weighted by Crippen LogP contribution is -2.15. The molecule has 0 heterocycles. The number of aliphatic carboxylic acids is 1. The molecule has 0 aliphatic carbocycles. The number of hydrogen-bond donors (Lipinski definition) is 1. The van der Waals surface area contributed by atoms with Crippen LogP contribution in [0.3, 0.4) is 0 Å². The summed E-state index contributed by atoms with van der Waals surface area (Å²) in [4.78, 5) is 10.3. The Labute approximate surface area is 282 Å². The number of carbonyl (C=O) groups is 1. The molecule has 0 rings (SSSR count). The smallest absolute Gasteiger partial charge is 0.305 e. The van der Waals surface area contributed by atoms with Gasteiger partial charge in [-0.2, -0.15) is 0 Å². The van der Waals surface area contributed by atoms with Gasteiger partial charge in [0.2, 0.25) is 0 Å². The monoisotopic (exact) mass is 772 g/mol. The minimum atomic E-state index is -0.874. The molecule has 0 atom stereocenters. The lowest BCUT2D eigenvalue weighted by atomic mass is 10.5. The zero-order valence-electron chi connectivity index (χ0n) is 26.8. The minimum Gasteiger partial charge on any atom is -0.481 e. The molecule has 270 valence electrons. The molecule has 0 aromatic heterocycles. The highest BCUT2D eigenvalue weighted by Crippen LogP contribution is 1.88. The predicted octanol–water partition coefficient (Wildman–Crippen LogP) is 1.11. The van der Waals surface area contributed by atoms with Crippen LogP contribution in [-0.2, 0) is 66.4 Å². The third-order valence-electron chi connectivity index (χ3n) is 5.15. The van der Waals surface area contributed by atoms with Gasteiger partial charge in [-0.25, -0.2) is 0 Å². The predicted molar refractivity (Wildman–Crippen MR) is 172 cm³/mol. The van der Waals surface area contributed by atoms with Crippen LogP contribution in [-0.4, -0.2) is 187 Å². The summed E-state index contributed by atoms with van der Waals surface area (Å²) in [6.45, 7) is 12.9. The molecule has 0 aliphatic rings. The summed E-state index contributed by atoms with van der Waals surface area (Å²) in [5.41, 5.74) is 0. The Hall–Kier alpha value is -0.320. The highest BCUT2D eigenvalue weighted by molar-refractivity contribution is 14.1. The van der Waals surface area contributed by atoms with Crippen LogP contribution in [0.5, 0.6) is 0 Å². The maximum absolute atomic E-state index is 10.3. The summed E-state index contributed by atoms with van der Waals surface area (Å²) in [6.07, 6.45) is -0.00222. The van der Waals surface area contributed by atoms with Crippen molar-refractivity contribution < 1.29 is 71.5 Å². The number of carboxylic acid groups (broad SMARTS) is 1. The van der Waals surface area contributed by atoms with E-state index in [1.54, 1.807) is 0 Å². The van der Waals surface area contributed by atoms with E-state index in [4.69, 9.17) is 66.7 Å². The van der Waals surface area contributed by atoms with E-state index in [0.717, 1.165) is 11.0 Å². The summed E-state index contributed by atoms with van der Waals surface area (Å²) >= 11 is 2.27. The van der Waals surface area contributed by atoms with Crippen LogP contribution in [0.25, 0.3) is 0 Å². The van der Waals surface area contributed by atoms with Gasteiger partial charge in [-0.1, -0.05) is 22.6 Å². The molecule has 0 saturated carbocycles. The molecule has 0 saturated heterocycles. The van der Waals surface area contributed by atoms with Crippen molar-refractivity contribution in [2.45, 2.75) is 6.42 Å². The molecule has 0 unspecified atom stereocenters. The topological polar surface area (TPSA) is 157 Å². The molecule has 1 N–H and O–H groups in total. The minimum absolute atomic E-state index is 0.00222. The standard InChI is InChI=1S/C29H57IO15/c30-2-4-34-6-8-36-10-12-38-14-16-40-18-20-42-22-24-44-26-28-45-27-25-43-23-21-41-19-17-39-15-13-37-11-9-35-7-5-33-3-1-29(31)32/h1-28H2,(H,31,32). The van der Waals surface area contributed by atoms with Crippen molar-refractivity contribution in [1.82, 2.24) is 0 Å². The van der Waals surface area contributed by atoms with E-state index >= 15 is 0 Å². The molecule has 15 nitrogen and oxygen atoms in total. The molecular weight excluding hydrogens is 715 g/mol. The largest absolute Gasteiger partial charge is 0.481 e. The van der Waals surface area contributed by atoms with E-state index in [1.165, 1.54) is 0 Å². The van der Waals surface area contributed by atoms with Crippen LogP contribution in [0.2, 0.25) is 0 Å². The molecule has 16 heteroatoms. The van der Waals surface area contributed by atoms with Crippen molar-refractivity contribution in [2.24, 2.45) is 0 Å². The fourth-order valence-corrected chi connectivity index (χ4v) is 3.27. The van der Waals surface area contributed by atoms with Gasteiger partial charge in [-0.3, -0.25) is 4.79 Å². The number of ether oxygens (including phenoxy) is 13. The molecule has 0 amide bonds. The van der Waals surface area contributed by atoms with Gasteiger partial charge in [0.05, 0.1) is 178 Å². The van der Waals surface area contributed by atoms with Gasteiger partial charge in [-0.05, 0) is 0 Å². The maximum atomic E-state index is 10.3. The highest BCUT2D eigenvalue weighted by Gasteiger charge is 1.98. The first-order valence-electron chi connectivity index (χ1n) is 15.6. The van der Waals surface area contributed by atoms with E-state index < -0.39 is 5.97 Å². The van der Waals surface area contributed by atoms with Gasteiger partial charge in [-0.15, -0.1) is 0 Å². The second-order valence-corrected chi connectivity index (χ2v) is 9.87. The molecule has 45 heavy (non-hydrogen) atoms. The van der Waals surface area contributed by atoms with Gasteiger partial charge in [0.15, 0.2) is 0 Å². The normalized spacial score (nSPS) is 11.5. The van der Waals surface area contributed by atoms with Crippen LogP contribution in [0.1, 0.15) is 6.42 Å². The van der Waals surface area contributed by atoms with Crippen molar-refractivity contribution in [3.8, 4) is 0 Å². The Morgan fingerprint density at radius 3 is 0.622 bits per heavy atom. The van der Waals surface area contributed by atoms with E-state index in [2.05, 4.69) is 22.6 Å². The average Bonchev–Trinajstić information content (AvgIpc) is 3.03. The van der Waals surface area contributed by atoms with Gasteiger partial charge in [0, 0.05) is 4.43 Å². The number of rotatable bonds is 41. The van der Waals surface area contributed by atoms with E-state index in [9.17, 15) is 4.79 Å². The zero-order chi connectivity index (χ0) is 32.6. The van der Waals surface area contributed by atoms with E-state index in [0.29, 0.717) is 159 Å². The molecule has 0 aliphatic heterocycles. The van der Waals surface area contributed by atoms with Gasteiger partial charge in [0.25, 0.3) is 0 Å². The Kier molecular flexibility index (Phi) is 41.4. The number of carboxylic acids is 1. The summed E-state index contributed by atoms with van der Waals surface area (Å²) in [5, 5.41) is 8.48. The third-order valence-corrected chi connectivity index (χ3v) is 5.59. The van der Waals surface area contributed by atoms with Crippen LogP contribution in [0.15, 0.2) is 0 Å². The molecule has 0 spiro atoms. The van der Waals surface area contributed by atoms with Crippen molar-refractivity contribution in [2.75, 3.05) is 176 Å². The van der Waals surface area contributed by atoms with Crippen molar-refractivity contribution >= 4 is 28.6 Å². The van der Waals surface area contributed by atoms with Crippen LogP contribution >= 0.6 is 22.6 Å². The molecular formula is C29H57IO15. The molecule has 0 aromatic rings. The first kappa shape index (κ1) is 44.7. The fraction of sp³-hybridized carbons (Fsp3) is 0.966. The summed E-state index contributed by atoms with van der Waals surface area (Å²) in [6, 6.07) is 0. The Morgan fingerprint density at radius 2 is 0.467 bits per heavy atom.